The van der Waals surface area contributed by atoms with E-state index in [1.54, 1.807) is 0 Å². The molecule has 1 aliphatic rings. The molecular formula is C17H23N5O. The van der Waals surface area contributed by atoms with Crippen molar-refractivity contribution in [1.29, 1.82) is 0 Å². The summed E-state index contributed by atoms with van der Waals surface area (Å²) < 4.78 is 1.84. The summed E-state index contributed by atoms with van der Waals surface area (Å²) in [7, 11) is 2.01. The van der Waals surface area contributed by atoms with Crippen LogP contribution in [0.5, 0.6) is 0 Å². The average molecular weight is 313 g/mol. The predicted molar refractivity (Wildman–Crippen MR) is 89.3 cm³/mol. The number of benzene rings is 1. The van der Waals surface area contributed by atoms with Crippen LogP contribution in [0.15, 0.2) is 24.3 Å². The summed E-state index contributed by atoms with van der Waals surface area (Å²) in [4.78, 5) is 13.8. The Morgan fingerprint density at radius 3 is 2.83 bits per heavy atom. The number of anilines is 1. The molecule has 0 saturated heterocycles. The summed E-state index contributed by atoms with van der Waals surface area (Å²) in [5, 5.41) is 8.26. The second-order valence-corrected chi connectivity index (χ2v) is 6.56. The molecule has 0 fully saturated rings. The van der Waals surface area contributed by atoms with Crippen LogP contribution in [0.25, 0.3) is 0 Å². The maximum absolute atomic E-state index is 11.6. The van der Waals surface area contributed by atoms with E-state index in [1.807, 2.05) is 11.6 Å². The molecule has 6 nitrogen and oxygen atoms in total. The first-order valence-electron chi connectivity index (χ1n) is 8.02. The van der Waals surface area contributed by atoms with E-state index in [4.69, 9.17) is 5.73 Å². The molecule has 0 radical (unpaired) electrons. The van der Waals surface area contributed by atoms with E-state index in [2.05, 4.69) is 53.2 Å². The first kappa shape index (κ1) is 15.5. The van der Waals surface area contributed by atoms with Crippen LogP contribution in [0, 0.1) is 5.92 Å². The molecule has 3 rings (SSSR count). The maximum Gasteiger partial charge on any atom is 0.286 e. The number of nitrogens with zero attached hydrogens (tertiary/aromatic N) is 4. The highest BCUT2D eigenvalue weighted by molar-refractivity contribution is 5.89. The molecule has 2 aromatic rings. The van der Waals surface area contributed by atoms with E-state index in [9.17, 15) is 4.79 Å². The van der Waals surface area contributed by atoms with Gasteiger partial charge >= 0.3 is 0 Å². The van der Waals surface area contributed by atoms with Crippen LogP contribution in [0.3, 0.4) is 0 Å². The van der Waals surface area contributed by atoms with E-state index in [0.29, 0.717) is 18.4 Å². The molecule has 2 N–H and O–H groups in total. The van der Waals surface area contributed by atoms with Gasteiger partial charge < -0.3 is 10.6 Å². The molecule has 1 atom stereocenters. The number of hydrogen-bond acceptors (Lipinski definition) is 4. The maximum atomic E-state index is 11.6. The molecule has 23 heavy (non-hydrogen) atoms. The summed E-state index contributed by atoms with van der Waals surface area (Å²) >= 11 is 0. The molecular weight excluding hydrogens is 290 g/mol. The molecule has 1 aliphatic carbocycles. The van der Waals surface area contributed by atoms with Gasteiger partial charge in [-0.05, 0) is 29.9 Å². The molecule has 0 spiro atoms. The number of aryl methyl sites for hydroxylation is 1. The number of carbonyl (C=O) groups excluding carboxylic acids is 1. The number of rotatable bonds is 5. The van der Waals surface area contributed by atoms with Crippen LogP contribution >= 0.6 is 0 Å². The van der Waals surface area contributed by atoms with E-state index in [0.717, 1.165) is 12.8 Å². The summed E-state index contributed by atoms with van der Waals surface area (Å²) in [6, 6.07) is 8.74. The zero-order valence-electron chi connectivity index (χ0n) is 13.9. The fourth-order valence-electron chi connectivity index (χ4n) is 3.35. The zero-order chi connectivity index (χ0) is 16.6. The molecule has 1 aromatic heterocycles. The standard InChI is InChI=1S/C17H23N5O/c1-11(2)10-22-16(15(18)23)19-20-17(22)21(3)14-9-8-12-6-4-5-7-13(12)14/h4-7,11,14H,8-10H2,1-3H3,(H2,18,23). The molecule has 0 aliphatic heterocycles. The van der Waals surface area contributed by atoms with Crippen molar-refractivity contribution in [3.05, 3.63) is 41.2 Å². The molecule has 1 aromatic carbocycles. The van der Waals surface area contributed by atoms with Crippen molar-refractivity contribution in [3.8, 4) is 0 Å². The molecule has 1 heterocycles. The van der Waals surface area contributed by atoms with Crippen molar-refractivity contribution in [2.75, 3.05) is 11.9 Å². The molecule has 1 unspecified atom stereocenters. The van der Waals surface area contributed by atoms with Gasteiger partial charge in [0.2, 0.25) is 11.8 Å². The van der Waals surface area contributed by atoms with Crippen LogP contribution in [0.4, 0.5) is 5.95 Å². The van der Waals surface area contributed by atoms with Gasteiger partial charge in [-0.1, -0.05) is 38.1 Å². The van der Waals surface area contributed by atoms with Gasteiger partial charge in [-0.3, -0.25) is 9.36 Å². The Bertz CT molecular complexity index is 722. The van der Waals surface area contributed by atoms with Gasteiger partial charge in [0.1, 0.15) is 0 Å². The highest BCUT2D eigenvalue weighted by atomic mass is 16.1. The molecule has 122 valence electrons. The Kier molecular flexibility index (Phi) is 4.07. The van der Waals surface area contributed by atoms with Gasteiger partial charge in [0.15, 0.2) is 0 Å². The van der Waals surface area contributed by atoms with E-state index in [-0.39, 0.29) is 11.9 Å². The van der Waals surface area contributed by atoms with Crippen molar-refractivity contribution in [2.45, 2.75) is 39.3 Å². The highest BCUT2D eigenvalue weighted by Crippen LogP contribution is 2.36. The predicted octanol–water partition coefficient (Wildman–Crippen LogP) is 2.16. The van der Waals surface area contributed by atoms with Crippen LogP contribution in [0.2, 0.25) is 0 Å². The van der Waals surface area contributed by atoms with Crippen molar-refractivity contribution in [3.63, 3.8) is 0 Å². The molecule has 0 bridgehead atoms. The summed E-state index contributed by atoms with van der Waals surface area (Å²) in [5.74, 6) is 0.762. The lowest BCUT2D eigenvalue weighted by molar-refractivity contribution is 0.0985. The van der Waals surface area contributed by atoms with Crippen molar-refractivity contribution >= 4 is 11.9 Å². The second kappa shape index (κ2) is 6.02. The third-order valence-electron chi connectivity index (χ3n) is 4.38. The van der Waals surface area contributed by atoms with Gasteiger partial charge in [-0.2, -0.15) is 0 Å². The minimum atomic E-state index is -0.537. The third-order valence-corrected chi connectivity index (χ3v) is 4.38. The number of nitrogens with two attached hydrogens (primary N) is 1. The van der Waals surface area contributed by atoms with Gasteiger partial charge in [-0.25, -0.2) is 0 Å². The van der Waals surface area contributed by atoms with Crippen LogP contribution in [-0.4, -0.2) is 27.7 Å². The molecule has 0 saturated carbocycles. The first-order valence-corrected chi connectivity index (χ1v) is 8.02. The van der Waals surface area contributed by atoms with Gasteiger partial charge in [0.05, 0.1) is 6.04 Å². The smallest absolute Gasteiger partial charge is 0.286 e. The van der Waals surface area contributed by atoms with Crippen LogP contribution in [0.1, 0.15) is 48.1 Å². The Balaban J connectivity index is 1.97. The topological polar surface area (TPSA) is 77.0 Å². The van der Waals surface area contributed by atoms with Gasteiger partial charge in [0.25, 0.3) is 5.91 Å². The summed E-state index contributed by atoms with van der Waals surface area (Å²) in [6.07, 6.45) is 2.10. The highest BCUT2D eigenvalue weighted by Gasteiger charge is 2.29. The van der Waals surface area contributed by atoms with E-state index >= 15 is 0 Å². The minimum Gasteiger partial charge on any atom is -0.363 e. The third kappa shape index (κ3) is 2.81. The molecule has 1 amide bonds. The molecule has 6 heteroatoms. The SMILES string of the molecule is CC(C)Cn1c(C(N)=O)nnc1N(C)C1CCc2ccccc21. The fourth-order valence-corrected chi connectivity index (χ4v) is 3.35. The fraction of sp³-hybridized carbons (Fsp3) is 0.471. The lowest BCUT2D eigenvalue weighted by Crippen LogP contribution is -2.28. The van der Waals surface area contributed by atoms with E-state index in [1.165, 1.54) is 11.1 Å². The van der Waals surface area contributed by atoms with Gasteiger partial charge in [-0.15, -0.1) is 10.2 Å². The van der Waals surface area contributed by atoms with Crippen LogP contribution in [-0.2, 0) is 13.0 Å². The Labute approximate surface area is 136 Å². The lowest BCUT2D eigenvalue weighted by atomic mass is 10.1. The number of primary amides is 1. The quantitative estimate of drug-likeness (QED) is 0.917. The number of amides is 1. The Morgan fingerprint density at radius 1 is 1.39 bits per heavy atom. The zero-order valence-corrected chi connectivity index (χ0v) is 13.9. The van der Waals surface area contributed by atoms with Crippen molar-refractivity contribution in [1.82, 2.24) is 14.8 Å². The Hall–Kier alpha value is -2.37. The average Bonchev–Trinajstić information content (AvgIpc) is 3.10. The van der Waals surface area contributed by atoms with Gasteiger partial charge in [0, 0.05) is 13.6 Å². The van der Waals surface area contributed by atoms with E-state index < -0.39 is 5.91 Å². The van der Waals surface area contributed by atoms with Crippen molar-refractivity contribution in [2.24, 2.45) is 11.7 Å². The lowest BCUT2D eigenvalue weighted by Gasteiger charge is -2.27. The summed E-state index contributed by atoms with van der Waals surface area (Å²) in [5.41, 5.74) is 8.17. The minimum absolute atomic E-state index is 0.229. The van der Waals surface area contributed by atoms with Crippen LogP contribution < -0.4 is 10.6 Å². The monoisotopic (exact) mass is 313 g/mol. The Morgan fingerprint density at radius 2 is 2.13 bits per heavy atom. The number of carbonyl (C=O) groups is 1. The van der Waals surface area contributed by atoms with Crippen molar-refractivity contribution < 1.29 is 4.79 Å². The summed E-state index contributed by atoms with van der Waals surface area (Å²) in [6.45, 7) is 4.86. The largest absolute Gasteiger partial charge is 0.363 e. The normalized spacial score (nSPS) is 16.6. The number of aromatic nitrogens is 3. The second-order valence-electron chi connectivity index (χ2n) is 6.56. The number of hydrogen-bond donors (Lipinski definition) is 1. The number of fused-ring (bicyclic) bond motifs is 1. The first-order chi connectivity index (χ1) is 11.0.